The Morgan fingerprint density at radius 3 is 2.14 bits per heavy atom. The van der Waals surface area contributed by atoms with E-state index in [2.05, 4.69) is 10.2 Å². The van der Waals surface area contributed by atoms with Crippen molar-refractivity contribution >= 4 is 23.2 Å². The van der Waals surface area contributed by atoms with Gasteiger partial charge in [0.05, 0.1) is 14.2 Å². The third kappa shape index (κ3) is 6.04. The quantitative estimate of drug-likeness (QED) is 0.514. The van der Waals surface area contributed by atoms with Crippen LogP contribution in [0.25, 0.3) is 0 Å². The van der Waals surface area contributed by atoms with E-state index in [1.165, 1.54) is 12.1 Å². The van der Waals surface area contributed by atoms with E-state index in [1.807, 2.05) is 17.0 Å². The number of hydrogen-bond acceptors (Lipinski definition) is 6. The molecule has 8 nitrogen and oxygen atoms in total. The maximum atomic E-state index is 13.6. The predicted molar refractivity (Wildman–Crippen MR) is 135 cm³/mol. The molecule has 0 radical (unpaired) electrons. The van der Waals surface area contributed by atoms with Crippen LogP contribution in [0.4, 0.5) is 15.8 Å². The number of benzene rings is 3. The van der Waals surface area contributed by atoms with Crippen molar-refractivity contribution < 1.29 is 28.2 Å². The van der Waals surface area contributed by atoms with Crippen LogP contribution < -0.4 is 24.4 Å². The second-order valence-electron chi connectivity index (χ2n) is 8.19. The average molecular weight is 494 g/mol. The van der Waals surface area contributed by atoms with Crippen molar-refractivity contribution in [2.24, 2.45) is 0 Å². The highest BCUT2D eigenvalue weighted by Gasteiger charge is 2.23. The number of ether oxygens (including phenoxy) is 3. The molecular formula is C27H28FN3O5. The van der Waals surface area contributed by atoms with Gasteiger partial charge in [0.25, 0.3) is 11.8 Å². The summed E-state index contributed by atoms with van der Waals surface area (Å²) in [6.07, 6.45) is 0. The van der Waals surface area contributed by atoms with Gasteiger partial charge in [-0.05, 0) is 48.5 Å². The number of carbonyl (C=O) groups is 2. The minimum atomic E-state index is -0.514. The molecule has 0 bridgehead atoms. The molecule has 4 rings (SSSR count). The number of methoxy groups -OCH3 is 2. The molecule has 36 heavy (non-hydrogen) atoms. The summed E-state index contributed by atoms with van der Waals surface area (Å²) in [4.78, 5) is 29.2. The van der Waals surface area contributed by atoms with Crippen molar-refractivity contribution in [1.29, 1.82) is 0 Å². The van der Waals surface area contributed by atoms with Crippen LogP contribution in [0.1, 0.15) is 10.4 Å². The van der Waals surface area contributed by atoms with Gasteiger partial charge in [0.2, 0.25) is 0 Å². The first kappa shape index (κ1) is 24.8. The third-order valence-corrected chi connectivity index (χ3v) is 5.88. The SMILES string of the molecule is COc1cc(OC)cc(C(=O)N2CCN(c3ccc(NC(=O)COc4ccccc4F)cc3)CC2)c1. The Morgan fingerprint density at radius 1 is 0.889 bits per heavy atom. The summed E-state index contributed by atoms with van der Waals surface area (Å²) in [7, 11) is 3.11. The van der Waals surface area contributed by atoms with Crippen molar-refractivity contribution in [2.75, 3.05) is 57.2 Å². The first-order chi connectivity index (χ1) is 17.5. The van der Waals surface area contributed by atoms with Gasteiger partial charge in [-0.15, -0.1) is 0 Å². The van der Waals surface area contributed by atoms with Crippen molar-refractivity contribution in [1.82, 2.24) is 4.90 Å². The van der Waals surface area contributed by atoms with Crippen molar-refractivity contribution in [2.45, 2.75) is 0 Å². The number of piperazine rings is 1. The highest BCUT2D eigenvalue weighted by atomic mass is 19.1. The third-order valence-electron chi connectivity index (χ3n) is 5.88. The zero-order valence-electron chi connectivity index (χ0n) is 20.2. The lowest BCUT2D eigenvalue weighted by molar-refractivity contribution is -0.118. The topological polar surface area (TPSA) is 80.3 Å². The number of nitrogens with one attached hydrogen (secondary N) is 1. The van der Waals surface area contributed by atoms with Crippen LogP contribution in [0.2, 0.25) is 0 Å². The van der Waals surface area contributed by atoms with Gasteiger partial charge in [0.15, 0.2) is 18.2 Å². The molecule has 0 spiro atoms. The molecule has 1 fully saturated rings. The zero-order chi connectivity index (χ0) is 25.5. The molecule has 1 heterocycles. The summed E-state index contributed by atoms with van der Waals surface area (Å²) in [5, 5.41) is 2.74. The fourth-order valence-electron chi connectivity index (χ4n) is 3.94. The number of hydrogen-bond donors (Lipinski definition) is 1. The largest absolute Gasteiger partial charge is 0.497 e. The first-order valence-corrected chi connectivity index (χ1v) is 11.5. The molecule has 0 aliphatic carbocycles. The number of halogens is 1. The Labute approximate surface area is 209 Å². The smallest absolute Gasteiger partial charge is 0.262 e. The van der Waals surface area contributed by atoms with Gasteiger partial charge in [0.1, 0.15) is 11.5 Å². The normalized spacial score (nSPS) is 13.2. The number of anilines is 2. The van der Waals surface area contributed by atoms with Gasteiger partial charge in [-0.25, -0.2) is 4.39 Å². The fourth-order valence-corrected chi connectivity index (χ4v) is 3.94. The molecule has 0 unspecified atom stereocenters. The predicted octanol–water partition coefficient (Wildman–Crippen LogP) is 3.82. The van der Waals surface area contributed by atoms with E-state index >= 15 is 0 Å². The fraction of sp³-hybridized carbons (Fsp3) is 0.259. The molecule has 188 valence electrons. The van der Waals surface area contributed by atoms with Crippen LogP contribution in [0.15, 0.2) is 66.7 Å². The number of carbonyl (C=O) groups excluding carboxylic acids is 2. The van der Waals surface area contributed by atoms with E-state index in [1.54, 1.807) is 56.7 Å². The maximum absolute atomic E-state index is 13.6. The molecule has 3 aromatic carbocycles. The second kappa shape index (κ2) is 11.4. The molecule has 2 amide bonds. The molecule has 3 aromatic rings. The van der Waals surface area contributed by atoms with Crippen LogP contribution in [0.5, 0.6) is 17.2 Å². The molecule has 9 heteroatoms. The Hall–Kier alpha value is -4.27. The molecule has 1 aliphatic heterocycles. The second-order valence-corrected chi connectivity index (χ2v) is 8.19. The van der Waals surface area contributed by atoms with Gasteiger partial charge in [-0.2, -0.15) is 0 Å². The van der Waals surface area contributed by atoms with Gasteiger partial charge in [-0.3, -0.25) is 9.59 Å². The van der Waals surface area contributed by atoms with E-state index in [9.17, 15) is 14.0 Å². The molecular weight excluding hydrogens is 465 g/mol. The van der Waals surface area contributed by atoms with Crippen LogP contribution >= 0.6 is 0 Å². The van der Waals surface area contributed by atoms with Gasteiger partial charge in [-0.1, -0.05) is 12.1 Å². The first-order valence-electron chi connectivity index (χ1n) is 11.5. The van der Waals surface area contributed by atoms with E-state index in [0.29, 0.717) is 48.9 Å². The van der Waals surface area contributed by atoms with Gasteiger partial charge >= 0.3 is 0 Å². The summed E-state index contributed by atoms with van der Waals surface area (Å²) < 4.78 is 29.4. The van der Waals surface area contributed by atoms with E-state index in [-0.39, 0.29) is 24.2 Å². The number of para-hydroxylation sites is 1. The Morgan fingerprint density at radius 2 is 1.53 bits per heavy atom. The minimum Gasteiger partial charge on any atom is -0.497 e. The minimum absolute atomic E-state index is 0.0335. The number of amides is 2. The summed E-state index contributed by atoms with van der Waals surface area (Å²) >= 11 is 0. The lowest BCUT2D eigenvalue weighted by atomic mass is 10.1. The lowest BCUT2D eigenvalue weighted by Crippen LogP contribution is -2.48. The lowest BCUT2D eigenvalue weighted by Gasteiger charge is -2.36. The number of nitrogens with zero attached hydrogens (tertiary/aromatic N) is 2. The Balaban J connectivity index is 1.29. The van der Waals surface area contributed by atoms with Crippen molar-refractivity contribution in [3.05, 3.63) is 78.1 Å². The number of rotatable bonds is 8. The zero-order valence-corrected chi connectivity index (χ0v) is 20.2. The average Bonchev–Trinajstić information content (AvgIpc) is 2.92. The summed E-state index contributed by atoms with van der Waals surface area (Å²) in [5.74, 6) is 0.213. The molecule has 1 N–H and O–H groups in total. The molecule has 0 saturated carbocycles. The van der Waals surface area contributed by atoms with Crippen molar-refractivity contribution in [3.63, 3.8) is 0 Å². The van der Waals surface area contributed by atoms with E-state index in [0.717, 1.165) is 5.69 Å². The molecule has 1 aliphatic rings. The van der Waals surface area contributed by atoms with Gasteiger partial charge < -0.3 is 29.3 Å². The van der Waals surface area contributed by atoms with Crippen LogP contribution in [-0.4, -0.2) is 63.7 Å². The van der Waals surface area contributed by atoms with Gasteiger partial charge in [0, 0.05) is 49.2 Å². The van der Waals surface area contributed by atoms with Crippen LogP contribution in [0, 0.1) is 5.82 Å². The molecule has 0 aromatic heterocycles. The molecule has 0 atom stereocenters. The summed E-state index contributed by atoms with van der Waals surface area (Å²) in [5.41, 5.74) is 2.13. The van der Waals surface area contributed by atoms with Crippen LogP contribution in [-0.2, 0) is 4.79 Å². The summed E-state index contributed by atoms with van der Waals surface area (Å²) in [6.45, 7) is 2.20. The Bertz CT molecular complexity index is 1190. The Kier molecular flexibility index (Phi) is 7.89. The highest BCUT2D eigenvalue weighted by Crippen LogP contribution is 2.25. The highest BCUT2D eigenvalue weighted by molar-refractivity contribution is 5.95. The standard InChI is InChI=1S/C27H28FN3O5/c1-34-22-15-19(16-23(17-22)35-2)27(33)31-13-11-30(12-14-31)21-9-7-20(8-10-21)29-26(32)18-36-25-6-4-3-5-24(25)28/h3-10,15-17H,11-14,18H2,1-2H3,(H,29,32). The van der Waals surface area contributed by atoms with E-state index < -0.39 is 5.82 Å². The maximum Gasteiger partial charge on any atom is 0.262 e. The summed E-state index contributed by atoms with van der Waals surface area (Å²) in [6, 6.07) is 18.5. The van der Waals surface area contributed by atoms with Crippen LogP contribution in [0.3, 0.4) is 0 Å². The monoisotopic (exact) mass is 493 g/mol. The van der Waals surface area contributed by atoms with E-state index in [4.69, 9.17) is 14.2 Å². The van der Waals surface area contributed by atoms with Crippen molar-refractivity contribution in [3.8, 4) is 17.2 Å². The molecule has 1 saturated heterocycles.